The standard InChI is InChI=1S/C25H24FN3O5S/c1-33-12-11-27-24(31)21-22(34-25(32)29(21)15-16-7-9-18(26)10-8-16)17-4-2-5-19(14-17)28-23(30)20-6-3-13-35-20/h2-10,13-14,21-22H,11-12,15H2,1H3,(H,27,31)(H,28,30)/t21-,22+/m0/s1. The normalized spacial score (nSPS) is 17.2. The highest BCUT2D eigenvalue weighted by molar-refractivity contribution is 7.12. The molecule has 0 unspecified atom stereocenters. The number of anilines is 1. The summed E-state index contributed by atoms with van der Waals surface area (Å²) >= 11 is 1.32. The minimum absolute atomic E-state index is 0.0623. The zero-order chi connectivity index (χ0) is 24.8. The zero-order valence-corrected chi connectivity index (χ0v) is 19.7. The summed E-state index contributed by atoms with van der Waals surface area (Å²) in [4.78, 5) is 40.3. The van der Waals surface area contributed by atoms with Crippen molar-refractivity contribution in [2.45, 2.75) is 18.7 Å². The highest BCUT2D eigenvalue weighted by Crippen LogP contribution is 2.35. The second kappa shape index (κ2) is 11.1. The number of nitrogens with zero attached hydrogens (tertiary/aromatic N) is 1. The number of halogens is 1. The van der Waals surface area contributed by atoms with Gasteiger partial charge in [0.25, 0.3) is 5.91 Å². The summed E-state index contributed by atoms with van der Waals surface area (Å²) in [6, 6.07) is 15.1. The summed E-state index contributed by atoms with van der Waals surface area (Å²) in [6.07, 6.45) is -1.58. The van der Waals surface area contributed by atoms with Crippen molar-refractivity contribution in [1.29, 1.82) is 0 Å². The van der Waals surface area contributed by atoms with Gasteiger partial charge in [0.1, 0.15) is 5.82 Å². The van der Waals surface area contributed by atoms with Crippen LogP contribution in [0.3, 0.4) is 0 Å². The summed E-state index contributed by atoms with van der Waals surface area (Å²) in [5.41, 5.74) is 1.71. The third-order valence-electron chi connectivity index (χ3n) is 5.44. The van der Waals surface area contributed by atoms with Crippen LogP contribution < -0.4 is 10.6 Å². The van der Waals surface area contributed by atoms with Crippen molar-refractivity contribution in [2.75, 3.05) is 25.6 Å². The first-order chi connectivity index (χ1) is 17.0. The van der Waals surface area contributed by atoms with Crippen molar-refractivity contribution in [3.63, 3.8) is 0 Å². The highest BCUT2D eigenvalue weighted by Gasteiger charge is 2.47. The number of ether oxygens (including phenoxy) is 2. The number of methoxy groups -OCH3 is 1. The fourth-order valence-electron chi connectivity index (χ4n) is 3.77. The molecular formula is C25H24FN3O5S. The van der Waals surface area contributed by atoms with Gasteiger partial charge in [0.05, 0.1) is 18.0 Å². The van der Waals surface area contributed by atoms with Crippen molar-refractivity contribution in [1.82, 2.24) is 10.2 Å². The lowest BCUT2D eigenvalue weighted by Gasteiger charge is -2.24. The van der Waals surface area contributed by atoms with Crippen molar-refractivity contribution in [3.05, 3.63) is 87.9 Å². The molecule has 0 bridgehead atoms. The SMILES string of the molecule is COCCNC(=O)[C@@H]1[C@@H](c2cccc(NC(=O)c3cccs3)c2)OC(=O)N1Cc1ccc(F)cc1. The van der Waals surface area contributed by atoms with Crippen LogP contribution in [0.4, 0.5) is 14.9 Å². The molecule has 1 fully saturated rings. The van der Waals surface area contributed by atoms with Gasteiger partial charge < -0.3 is 20.1 Å². The van der Waals surface area contributed by atoms with E-state index >= 15 is 0 Å². The number of amides is 3. The van der Waals surface area contributed by atoms with Crippen LogP contribution in [0, 0.1) is 5.82 Å². The van der Waals surface area contributed by atoms with Crippen molar-refractivity contribution < 1.29 is 28.2 Å². The molecule has 1 saturated heterocycles. The molecule has 1 aromatic heterocycles. The van der Waals surface area contributed by atoms with Gasteiger partial charge in [0, 0.05) is 19.3 Å². The zero-order valence-electron chi connectivity index (χ0n) is 18.9. The molecule has 2 atom stereocenters. The van der Waals surface area contributed by atoms with E-state index in [9.17, 15) is 18.8 Å². The highest BCUT2D eigenvalue weighted by atomic mass is 32.1. The Labute approximate surface area is 205 Å². The Morgan fingerprint density at radius 2 is 1.94 bits per heavy atom. The fourth-order valence-corrected chi connectivity index (χ4v) is 4.39. The lowest BCUT2D eigenvalue weighted by molar-refractivity contribution is -0.126. The Kier molecular flexibility index (Phi) is 7.74. The van der Waals surface area contributed by atoms with Crippen molar-refractivity contribution >= 4 is 34.9 Å². The summed E-state index contributed by atoms with van der Waals surface area (Å²) in [6.45, 7) is 0.626. The number of rotatable bonds is 9. The van der Waals surface area contributed by atoms with Crippen LogP contribution in [-0.4, -0.2) is 49.1 Å². The first-order valence-corrected chi connectivity index (χ1v) is 11.8. The minimum Gasteiger partial charge on any atom is -0.438 e. The van der Waals surface area contributed by atoms with Crippen LogP contribution in [0.25, 0.3) is 0 Å². The second-order valence-corrected chi connectivity index (χ2v) is 8.79. The summed E-state index contributed by atoms with van der Waals surface area (Å²) in [5.74, 6) is -1.06. The van der Waals surface area contributed by atoms with E-state index in [1.54, 1.807) is 48.5 Å². The molecule has 35 heavy (non-hydrogen) atoms. The summed E-state index contributed by atoms with van der Waals surface area (Å²) < 4.78 is 24.0. The summed E-state index contributed by atoms with van der Waals surface area (Å²) in [7, 11) is 1.52. The number of carbonyl (C=O) groups excluding carboxylic acids is 3. The fraction of sp³-hybridized carbons (Fsp3) is 0.240. The Morgan fingerprint density at radius 1 is 1.14 bits per heavy atom. The summed E-state index contributed by atoms with van der Waals surface area (Å²) in [5, 5.41) is 7.41. The Bertz CT molecular complexity index is 1190. The van der Waals surface area contributed by atoms with Crippen LogP contribution in [0.2, 0.25) is 0 Å². The lowest BCUT2D eigenvalue weighted by atomic mass is 10.00. The molecule has 2 heterocycles. The monoisotopic (exact) mass is 497 g/mol. The largest absolute Gasteiger partial charge is 0.438 e. The molecule has 3 aromatic rings. The number of hydrogen-bond acceptors (Lipinski definition) is 6. The third-order valence-corrected chi connectivity index (χ3v) is 6.31. The van der Waals surface area contributed by atoms with Gasteiger partial charge in [-0.3, -0.25) is 14.5 Å². The van der Waals surface area contributed by atoms with E-state index in [2.05, 4.69) is 10.6 Å². The molecule has 1 aliphatic rings. The van der Waals surface area contributed by atoms with Gasteiger partial charge >= 0.3 is 6.09 Å². The minimum atomic E-state index is -0.979. The molecule has 2 N–H and O–H groups in total. The maximum atomic E-state index is 13.3. The molecule has 0 radical (unpaired) electrons. The number of thiophene rings is 1. The predicted octanol–water partition coefficient (Wildman–Crippen LogP) is 3.96. The molecule has 0 saturated carbocycles. The van der Waals surface area contributed by atoms with E-state index in [0.717, 1.165) is 0 Å². The number of hydrogen-bond donors (Lipinski definition) is 2. The number of carbonyl (C=O) groups is 3. The van der Waals surface area contributed by atoms with Gasteiger partial charge in [-0.15, -0.1) is 11.3 Å². The van der Waals surface area contributed by atoms with Crippen LogP contribution in [0.5, 0.6) is 0 Å². The lowest BCUT2D eigenvalue weighted by Crippen LogP contribution is -2.47. The van der Waals surface area contributed by atoms with Gasteiger partial charge in [-0.1, -0.05) is 30.3 Å². The van der Waals surface area contributed by atoms with E-state index in [4.69, 9.17) is 9.47 Å². The van der Waals surface area contributed by atoms with E-state index in [1.807, 2.05) is 5.38 Å². The number of cyclic esters (lactones) is 1. The predicted molar refractivity (Wildman–Crippen MR) is 129 cm³/mol. The van der Waals surface area contributed by atoms with Crippen molar-refractivity contribution in [3.8, 4) is 0 Å². The van der Waals surface area contributed by atoms with Crippen LogP contribution in [-0.2, 0) is 20.8 Å². The van der Waals surface area contributed by atoms with Crippen LogP contribution in [0.15, 0.2) is 66.0 Å². The van der Waals surface area contributed by atoms with Crippen molar-refractivity contribution in [2.24, 2.45) is 0 Å². The van der Waals surface area contributed by atoms with E-state index in [-0.39, 0.29) is 19.0 Å². The van der Waals surface area contributed by atoms with Gasteiger partial charge in [-0.25, -0.2) is 9.18 Å². The smallest absolute Gasteiger partial charge is 0.411 e. The van der Waals surface area contributed by atoms with E-state index < -0.39 is 30.0 Å². The van der Waals surface area contributed by atoms with Crippen LogP contribution in [0.1, 0.15) is 26.9 Å². The maximum absolute atomic E-state index is 13.3. The first kappa shape index (κ1) is 24.4. The van der Waals surface area contributed by atoms with E-state index in [0.29, 0.717) is 28.3 Å². The van der Waals surface area contributed by atoms with Gasteiger partial charge in [-0.05, 0) is 46.8 Å². The average molecular weight is 498 g/mol. The maximum Gasteiger partial charge on any atom is 0.411 e. The Balaban J connectivity index is 1.59. The first-order valence-electron chi connectivity index (χ1n) is 10.9. The molecule has 10 heteroatoms. The molecule has 0 spiro atoms. The molecule has 4 rings (SSSR count). The van der Waals surface area contributed by atoms with E-state index in [1.165, 1.54) is 35.5 Å². The van der Waals surface area contributed by atoms with Gasteiger partial charge in [-0.2, -0.15) is 0 Å². The molecule has 0 aliphatic carbocycles. The Hall–Kier alpha value is -3.76. The van der Waals surface area contributed by atoms with Gasteiger partial charge in [0.2, 0.25) is 5.91 Å². The molecule has 2 aromatic carbocycles. The van der Waals surface area contributed by atoms with Gasteiger partial charge in [0.15, 0.2) is 12.1 Å². The Morgan fingerprint density at radius 3 is 2.66 bits per heavy atom. The number of benzene rings is 2. The molecule has 182 valence electrons. The quantitative estimate of drug-likeness (QED) is 0.436. The molecule has 1 aliphatic heterocycles. The number of nitrogens with one attached hydrogen (secondary N) is 2. The molecule has 3 amide bonds. The topological polar surface area (TPSA) is 97.0 Å². The molecule has 8 nitrogen and oxygen atoms in total. The third kappa shape index (κ3) is 5.84. The molecular weight excluding hydrogens is 473 g/mol. The second-order valence-electron chi connectivity index (χ2n) is 7.84. The van der Waals surface area contributed by atoms with Crippen LogP contribution >= 0.6 is 11.3 Å². The average Bonchev–Trinajstić information content (AvgIpc) is 3.50.